The van der Waals surface area contributed by atoms with Crippen LogP contribution in [-0.4, -0.2) is 19.6 Å². The van der Waals surface area contributed by atoms with Crippen molar-refractivity contribution in [3.05, 3.63) is 119 Å². The van der Waals surface area contributed by atoms with Crippen LogP contribution < -0.4 is 5.43 Å². The van der Waals surface area contributed by atoms with Crippen molar-refractivity contribution in [2.45, 2.75) is 0 Å². The molecule has 5 nitrogen and oxygen atoms in total. The molecule has 2 aromatic heterocycles. The van der Waals surface area contributed by atoms with E-state index in [-0.39, 0.29) is 5.43 Å². The standard InChI is InChI=1S/C29H18N4O/c34-29-22-14-6-8-16-25(22)32(26-17-9-7-15-23(26)29)27-18-24-28(21-13-5-4-12-20(21)27)31-33(30-24)19-10-2-1-3-11-19/h1-18H. The third-order valence-electron chi connectivity index (χ3n) is 6.38. The number of fused-ring (bicyclic) bond motifs is 5. The molecule has 0 saturated heterocycles. The topological polar surface area (TPSA) is 52.7 Å². The molecule has 7 aromatic rings. The van der Waals surface area contributed by atoms with Gasteiger partial charge in [-0.05, 0) is 42.5 Å². The Labute approximate surface area is 194 Å². The normalized spacial score (nSPS) is 11.6. The highest BCUT2D eigenvalue weighted by molar-refractivity contribution is 6.09. The Morgan fingerprint density at radius 2 is 1.12 bits per heavy atom. The van der Waals surface area contributed by atoms with Gasteiger partial charge in [-0.1, -0.05) is 66.7 Å². The molecule has 0 aliphatic rings. The molecule has 2 heterocycles. The molecule has 0 aliphatic carbocycles. The first-order valence-electron chi connectivity index (χ1n) is 11.2. The minimum absolute atomic E-state index is 0.0443. The minimum Gasteiger partial charge on any atom is -0.308 e. The van der Waals surface area contributed by atoms with Crippen LogP contribution in [0.15, 0.2) is 114 Å². The third-order valence-corrected chi connectivity index (χ3v) is 6.38. The van der Waals surface area contributed by atoms with Crippen molar-refractivity contribution in [1.82, 2.24) is 19.6 Å². The van der Waals surface area contributed by atoms with Crippen LogP contribution in [0.4, 0.5) is 0 Å². The average Bonchev–Trinajstić information content (AvgIpc) is 3.34. The van der Waals surface area contributed by atoms with Crippen LogP contribution >= 0.6 is 0 Å². The van der Waals surface area contributed by atoms with E-state index in [0.717, 1.165) is 44.2 Å². The highest BCUT2D eigenvalue weighted by atomic mass is 16.1. The molecule has 0 unspecified atom stereocenters. The fraction of sp³-hybridized carbons (Fsp3) is 0. The van der Waals surface area contributed by atoms with Crippen LogP contribution in [0.1, 0.15) is 0 Å². The van der Waals surface area contributed by atoms with E-state index in [1.807, 2.05) is 91.0 Å². The monoisotopic (exact) mass is 438 g/mol. The summed E-state index contributed by atoms with van der Waals surface area (Å²) in [5.74, 6) is 0. The van der Waals surface area contributed by atoms with Gasteiger partial charge in [0.25, 0.3) is 0 Å². The summed E-state index contributed by atoms with van der Waals surface area (Å²) in [6, 6.07) is 35.8. The molecule has 0 fully saturated rings. The second kappa shape index (κ2) is 7.12. The predicted octanol–water partition coefficient (Wildman–Crippen LogP) is 6.03. The average molecular weight is 438 g/mol. The Morgan fingerprint density at radius 3 is 1.79 bits per heavy atom. The molecule has 0 aliphatic heterocycles. The van der Waals surface area contributed by atoms with E-state index in [4.69, 9.17) is 10.2 Å². The van der Waals surface area contributed by atoms with Gasteiger partial charge in [0.05, 0.1) is 22.4 Å². The van der Waals surface area contributed by atoms with E-state index in [9.17, 15) is 4.79 Å². The van der Waals surface area contributed by atoms with E-state index in [2.05, 4.69) is 22.8 Å². The maximum Gasteiger partial charge on any atom is 0.197 e. The molecule has 0 spiro atoms. The molecule has 7 rings (SSSR count). The Balaban J connectivity index is 1.66. The summed E-state index contributed by atoms with van der Waals surface area (Å²) in [5, 5.41) is 13.1. The number of nitrogens with zero attached hydrogens (tertiary/aromatic N) is 4. The fourth-order valence-corrected chi connectivity index (χ4v) is 4.84. The van der Waals surface area contributed by atoms with Gasteiger partial charge in [0.2, 0.25) is 0 Å². The van der Waals surface area contributed by atoms with Gasteiger partial charge in [-0.2, -0.15) is 4.80 Å². The van der Waals surface area contributed by atoms with Gasteiger partial charge in [-0.3, -0.25) is 4.79 Å². The fourth-order valence-electron chi connectivity index (χ4n) is 4.84. The van der Waals surface area contributed by atoms with Crippen molar-refractivity contribution in [2.24, 2.45) is 0 Å². The zero-order valence-electron chi connectivity index (χ0n) is 18.1. The molecular formula is C29H18N4O. The lowest BCUT2D eigenvalue weighted by atomic mass is 10.0. The second-order valence-electron chi connectivity index (χ2n) is 8.33. The minimum atomic E-state index is 0.0443. The van der Waals surface area contributed by atoms with E-state index in [1.165, 1.54) is 0 Å². The van der Waals surface area contributed by atoms with E-state index in [0.29, 0.717) is 10.8 Å². The number of para-hydroxylation sites is 3. The molecule has 0 amide bonds. The molecule has 0 N–H and O–H groups in total. The lowest BCUT2D eigenvalue weighted by Gasteiger charge is -2.17. The van der Waals surface area contributed by atoms with E-state index < -0.39 is 0 Å². The van der Waals surface area contributed by atoms with Gasteiger partial charge in [0.1, 0.15) is 11.0 Å². The van der Waals surface area contributed by atoms with E-state index >= 15 is 0 Å². The zero-order chi connectivity index (χ0) is 22.6. The van der Waals surface area contributed by atoms with Crippen LogP contribution in [-0.2, 0) is 0 Å². The second-order valence-corrected chi connectivity index (χ2v) is 8.33. The molecule has 0 saturated carbocycles. The summed E-state index contributed by atoms with van der Waals surface area (Å²) in [6.07, 6.45) is 0. The van der Waals surface area contributed by atoms with Gasteiger partial charge >= 0.3 is 0 Å². The van der Waals surface area contributed by atoms with Crippen molar-refractivity contribution in [2.75, 3.05) is 0 Å². The van der Waals surface area contributed by atoms with Crippen molar-refractivity contribution in [3.63, 3.8) is 0 Å². The van der Waals surface area contributed by atoms with Crippen LogP contribution in [0, 0.1) is 0 Å². The van der Waals surface area contributed by atoms with Gasteiger partial charge in [0.15, 0.2) is 5.43 Å². The smallest absolute Gasteiger partial charge is 0.197 e. The highest BCUT2D eigenvalue weighted by Crippen LogP contribution is 2.33. The number of rotatable bonds is 2. The van der Waals surface area contributed by atoms with Crippen LogP contribution in [0.25, 0.3) is 55.0 Å². The molecule has 5 heteroatoms. The van der Waals surface area contributed by atoms with Gasteiger partial charge in [-0.25, -0.2) is 0 Å². The quantitative estimate of drug-likeness (QED) is 0.310. The summed E-state index contributed by atoms with van der Waals surface area (Å²) in [6.45, 7) is 0. The third kappa shape index (κ3) is 2.64. The highest BCUT2D eigenvalue weighted by Gasteiger charge is 2.17. The summed E-state index contributed by atoms with van der Waals surface area (Å²) in [7, 11) is 0. The van der Waals surface area contributed by atoms with Gasteiger partial charge in [-0.15, -0.1) is 10.2 Å². The molecule has 0 bridgehead atoms. The Bertz CT molecular complexity index is 1870. The molecule has 0 radical (unpaired) electrons. The van der Waals surface area contributed by atoms with Crippen molar-refractivity contribution in [1.29, 1.82) is 0 Å². The van der Waals surface area contributed by atoms with Crippen molar-refractivity contribution < 1.29 is 0 Å². The summed E-state index contributed by atoms with van der Waals surface area (Å²) < 4.78 is 2.18. The largest absolute Gasteiger partial charge is 0.308 e. The first kappa shape index (κ1) is 18.8. The summed E-state index contributed by atoms with van der Waals surface area (Å²) in [5.41, 5.74) is 5.29. The predicted molar refractivity (Wildman–Crippen MR) is 137 cm³/mol. The molecule has 5 aromatic carbocycles. The Hall–Kier alpha value is -4.77. The number of pyridine rings is 1. The van der Waals surface area contributed by atoms with Crippen molar-refractivity contribution >= 4 is 43.6 Å². The van der Waals surface area contributed by atoms with Crippen LogP contribution in [0.3, 0.4) is 0 Å². The first-order chi connectivity index (χ1) is 16.8. The number of benzene rings is 5. The molecule has 34 heavy (non-hydrogen) atoms. The van der Waals surface area contributed by atoms with Crippen LogP contribution in [0.2, 0.25) is 0 Å². The molecule has 0 atom stereocenters. The SMILES string of the molecule is O=c1c2ccccc2n(-c2cc3nn(-c4ccccc4)nc3c3ccccc23)c2ccccc12. The summed E-state index contributed by atoms with van der Waals surface area (Å²) >= 11 is 0. The Morgan fingerprint density at radius 1 is 0.559 bits per heavy atom. The lowest BCUT2D eigenvalue weighted by Crippen LogP contribution is -2.10. The van der Waals surface area contributed by atoms with Crippen molar-refractivity contribution in [3.8, 4) is 11.4 Å². The van der Waals surface area contributed by atoms with Gasteiger partial charge < -0.3 is 4.57 Å². The number of aromatic nitrogens is 4. The Kier molecular flexibility index (Phi) is 3.93. The number of hydrogen-bond acceptors (Lipinski definition) is 3. The maximum absolute atomic E-state index is 13.3. The van der Waals surface area contributed by atoms with E-state index in [1.54, 1.807) is 4.80 Å². The van der Waals surface area contributed by atoms with Crippen LogP contribution in [0.5, 0.6) is 0 Å². The number of hydrogen-bond donors (Lipinski definition) is 0. The molecular weight excluding hydrogens is 420 g/mol. The first-order valence-corrected chi connectivity index (χ1v) is 11.2. The zero-order valence-corrected chi connectivity index (χ0v) is 18.1. The molecule has 160 valence electrons. The summed E-state index contributed by atoms with van der Waals surface area (Å²) in [4.78, 5) is 15.0. The lowest BCUT2D eigenvalue weighted by molar-refractivity contribution is 0.766. The maximum atomic E-state index is 13.3. The van der Waals surface area contributed by atoms with Gasteiger partial charge in [0, 0.05) is 21.5 Å².